The van der Waals surface area contributed by atoms with Crippen LogP contribution in [0.1, 0.15) is 35.9 Å². The van der Waals surface area contributed by atoms with E-state index in [9.17, 15) is 14.9 Å². The van der Waals surface area contributed by atoms with Crippen molar-refractivity contribution in [2.24, 2.45) is 5.92 Å². The number of allylic oxidation sites excluding steroid dienone is 1. The van der Waals surface area contributed by atoms with Crippen molar-refractivity contribution in [2.75, 3.05) is 24.6 Å². The van der Waals surface area contributed by atoms with Crippen LogP contribution in [0.5, 0.6) is 0 Å². The number of para-hydroxylation sites is 1. The quantitative estimate of drug-likeness (QED) is 0.295. The second-order valence-electron chi connectivity index (χ2n) is 8.73. The molecule has 0 bridgehead atoms. The van der Waals surface area contributed by atoms with E-state index < -0.39 is 0 Å². The van der Waals surface area contributed by atoms with Crippen molar-refractivity contribution in [3.8, 4) is 6.07 Å². The zero-order chi connectivity index (χ0) is 25.2. The van der Waals surface area contributed by atoms with E-state index in [0.29, 0.717) is 47.3 Å². The Hall–Kier alpha value is -4.03. The summed E-state index contributed by atoms with van der Waals surface area (Å²) in [6.45, 7) is 5.07. The first-order valence-electron chi connectivity index (χ1n) is 11.9. The average molecular weight is 500 g/mol. The Labute approximate surface area is 212 Å². The highest BCUT2D eigenvalue weighted by Crippen LogP contribution is 2.31. The number of ether oxygens (including phenoxy) is 1. The summed E-state index contributed by atoms with van der Waals surface area (Å²) in [7, 11) is 0. The van der Waals surface area contributed by atoms with Gasteiger partial charge in [-0.1, -0.05) is 18.2 Å². The molecule has 1 fully saturated rings. The Bertz CT molecular complexity index is 1560. The molecule has 1 atom stereocenters. The third-order valence-corrected chi connectivity index (χ3v) is 7.41. The topological polar surface area (TPSA) is 101 Å². The van der Waals surface area contributed by atoms with Gasteiger partial charge in [-0.25, -0.2) is 9.97 Å². The Morgan fingerprint density at radius 2 is 2.11 bits per heavy atom. The van der Waals surface area contributed by atoms with Gasteiger partial charge in [-0.05, 0) is 56.5 Å². The smallest absolute Gasteiger partial charge is 0.310 e. The predicted octanol–water partition coefficient (Wildman–Crippen LogP) is 4.46. The molecule has 0 N–H and O–H groups in total. The summed E-state index contributed by atoms with van der Waals surface area (Å²) in [5, 5.41) is 10.6. The summed E-state index contributed by atoms with van der Waals surface area (Å²) < 4.78 is 7.73. The first kappa shape index (κ1) is 23.7. The number of aromatic nitrogens is 3. The Balaban J connectivity index is 1.67. The monoisotopic (exact) mass is 499 g/mol. The van der Waals surface area contributed by atoms with Crippen LogP contribution in [0, 0.1) is 24.2 Å². The number of esters is 1. The lowest BCUT2D eigenvalue weighted by Gasteiger charge is -2.33. The number of aryl methyl sites for hydroxylation is 1. The van der Waals surface area contributed by atoms with Crippen LogP contribution in [0.25, 0.3) is 27.5 Å². The molecule has 0 amide bonds. The number of carbonyl (C=O) groups is 1. The molecule has 182 valence electrons. The molecule has 4 heterocycles. The maximum absolute atomic E-state index is 13.8. The number of thiazole rings is 1. The number of benzene rings is 1. The first-order chi connectivity index (χ1) is 17.5. The molecule has 1 unspecified atom stereocenters. The zero-order valence-electron chi connectivity index (χ0n) is 20.1. The number of hydrogen-bond acceptors (Lipinski definition) is 8. The second kappa shape index (κ2) is 9.91. The van der Waals surface area contributed by atoms with E-state index in [2.05, 4.69) is 11.1 Å². The molecule has 0 spiro atoms. The van der Waals surface area contributed by atoms with Gasteiger partial charge in [0.15, 0.2) is 0 Å². The fourth-order valence-electron chi connectivity index (χ4n) is 4.56. The van der Waals surface area contributed by atoms with Gasteiger partial charge in [-0.3, -0.25) is 14.0 Å². The van der Waals surface area contributed by atoms with Crippen LogP contribution in [-0.4, -0.2) is 40.0 Å². The lowest BCUT2D eigenvalue weighted by molar-refractivity contribution is -0.148. The number of piperidine rings is 1. The molecule has 1 aliphatic heterocycles. The Morgan fingerprint density at radius 3 is 2.89 bits per heavy atom. The summed E-state index contributed by atoms with van der Waals surface area (Å²) >= 11 is 1.41. The number of hydrogen-bond donors (Lipinski definition) is 0. The van der Waals surface area contributed by atoms with Crippen molar-refractivity contribution in [3.63, 3.8) is 0 Å². The summed E-state index contributed by atoms with van der Waals surface area (Å²) in [5.41, 5.74) is 2.53. The van der Waals surface area contributed by atoms with E-state index in [0.717, 1.165) is 28.6 Å². The van der Waals surface area contributed by atoms with Crippen molar-refractivity contribution in [3.05, 3.63) is 69.1 Å². The first-order valence-corrected chi connectivity index (χ1v) is 12.7. The van der Waals surface area contributed by atoms with E-state index in [1.807, 2.05) is 42.2 Å². The van der Waals surface area contributed by atoms with Gasteiger partial charge in [0.05, 0.1) is 33.9 Å². The van der Waals surface area contributed by atoms with Crippen LogP contribution in [0.3, 0.4) is 0 Å². The van der Waals surface area contributed by atoms with Gasteiger partial charge in [0, 0.05) is 19.3 Å². The third-order valence-electron chi connectivity index (χ3n) is 6.34. The maximum atomic E-state index is 13.8. The highest BCUT2D eigenvalue weighted by Gasteiger charge is 2.30. The van der Waals surface area contributed by atoms with Crippen LogP contribution >= 0.6 is 11.3 Å². The van der Waals surface area contributed by atoms with Crippen LogP contribution in [0.15, 0.2) is 47.4 Å². The van der Waals surface area contributed by atoms with Crippen LogP contribution < -0.4 is 10.5 Å². The van der Waals surface area contributed by atoms with Gasteiger partial charge < -0.3 is 9.64 Å². The van der Waals surface area contributed by atoms with E-state index in [1.165, 1.54) is 15.7 Å². The molecule has 5 rings (SSSR count). The largest absolute Gasteiger partial charge is 0.466 e. The number of nitriles is 1. The molecule has 1 aromatic carbocycles. The number of carbonyl (C=O) groups excluding carboxylic acids is 1. The number of nitrogens with zero attached hydrogens (tertiary/aromatic N) is 5. The molecule has 9 heteroatoms. The van der Waals surface area contributed by atoms with Gasteiger partial charge in [-0.15, -0.1) is 11.3 Å². The highest BCUT2D eigenvalue weighted by molar-refractivity contribution is 7.19. The molecule has 0 aliphatic carbocycles. The minimum Gasteiger partial charge on any atom is -0.466 e. The molecule has 3 aromatic heterocycles. The predicted molar refractivity (Wildman–Crippen MR) is 141 cm³/mol. The molecule has 4 aromatic rings. The SMILES string of the molecule is CCOC(=O)C1CCCN(c2nc3c(C)cccn3c(=O)c2C=C(C#N)c2nc3ccccc3s2)C1. The normalized spacial score (nSPS) is 16.3. The molecule has 1 saturated heterocycles. The van der Waals surface area contributed by atoms with E-state index in [-0.39, 0.29) is 17.4 Å². The number of rotatable bonds is 5. The number of fused-ring (bicyclic) bond motifs is 2. The van der Waals surface area contributed by atoms with Gasteiger partial charge in [0.1, 0.15) is 22.5 Å². The molecule has 0 radical (unpaired) electrons. The Kier molecular flexibility index (Phi) is 6.53. The van der Waals surface area contributed by atoms with Gasteiger partial charge >= 0.3 is 5.97 Å². The van der Waals surface area contributed by atoms with Crippen molar-refractivity contribution < 1.29 is 9.53 Å². The molecular formula is C27H25N5O3S. The standard InChI is InChI=1S/C27H25N5O3S/c1-3-35-27(34)18-9-7-12-31(16-18)24-20(26(33)32-13-6-8-17(2)23(32)30-24)14-19(15-28)25-29-21-10-4-5-11-22(21)36-25/h4-6,8,10-11,13-14,18H,3,7,9,12,16H2,1-2H3. The molecule has 0 saturated carbocycles. The minimum absolute atomic E-state index is 0.236. The van der Waals surface area contributed by atoms with Gasteiger partial charge in [0.25, 0.3) is 5.56 Å². The summed E-state index contributed by atoms with van der Waals surface area (Å²) in [4.78, 5) is 37.7. The van der Waals surface area contributed by atoms with E-state index in [1.54, 1.807) is 25.3 Å². The highest BCUT2D eigenvalue weighted by atomic mass is 32.1. The maximum Gasteiger partial charge on any atom is 0.310 e. The molecule has 36 heavy (non-hydrogen) atoms. The van der Waals surface area contributed by atoms with E-state index >= 15 is 0 Å². The lowest BCUT2D eigenvalue weighted by Crippen LogP contribution is -2.41. The van der Waals surface area contributed by atoms with Crippen molar-refractivity contribution >= 4 is 50.6 Å². The second-order valence-corrected chi connectivity index (χ2v) is 9.76. The van der Waals surface area contributed by atoms with Crippen LogP contribution in [0.2, 0.25) is 0 Å². The number of pyridine rings is 1. The van der Waals surface area contributed by atoms with Crippen molar-refractivity contribution in [2.45, 2.75) is 26.7 Å². The zero-order valence-corrected chi connectivity index (χ0v) is 20.9. The molecule has 8 nitrogen and oxygen atoms in total. The fraction of sp³-hybridized carbons (Fsp3) is 0.296. The van der Waals surface area contributed by atoms with Gasteiger partial charge in [-0.2, -0.15) is 5.26 Å². The number of anilines is 1. The van der Waals surface area contributed by atoms with Crippen LogP contribution in [0.4, 0.5) is 5.82 Å². The molecular weight excluding hydrogens is 474 g/mol. The summed E-state index contributed by atoms with van der Waals surface area (Å²) in [5.74, 6) is -0.0651. The fourth-order valence-corrected chi connectivity index (χ4v) is 5.50. The van der Waals surface area contributed by atoms with Crippen molar-refractivity contribution in [1.29, 1.82) is 5.26 Å². The van der Waals surface area contributed by atoms with Crippen LogP contribution in [-0.2, 0) is 9.53 Å². The minimum atomic E-state index is -0.299. The average Bonchev–Trinajstić information content (AvgIpc) is 3.33. The third kappa shape index (κ3) is 4.36. The Morgan fingerprint density at radius 1 is 1.28 bits per heavy atom. The summed E-state index contributed by atoms with van der Waals surface area (Å²) in [6, 6.07) is 13.6. The van der Waals surface area contributed by atoms with E-state index in [4.69, 9.17) is 9.72 Å². The summed E-state index contributed by atoms with van der Waals surface area (Å²) in [6.07, 6.45) is 4.76. The molecule has 1 aliphatic rings. The van der Waals surface area contributed by atoms with Crippen molar-refractivity contribution in [1.82, 2.24) is 14.4 Å². The lowest BCUT2D eigenvalue weighted by atomic mass is 9.97. The van der Waals surface area contributed by atoms with Gasteiger partial charge in [0.2, 0.25) is 0 Å².